The molecule has 5 nitrogen and oxygen atoms in total. The molecule has 21 heavy (non-hydrogen) atoms. The van der Waals surface area contributed by atoms with Crippen LogP contribution in [0.15, 0.2) is 35.1 Å². The van der Waals surface area contributed by atoms with Crippen molar-refractivity contribution in [3.63, 3.8) is 0 Å². The zero-order valence-corrected chi connectivity index (χ0v) is 13.4. The first-order valence-electron chi connectivity index (χ1n) is 6.97. The molecule has 110 valence electrons. The number of halogens is 1. The summed E-state index contributed by atoms with van der Waals surface area (Å²) in [6.45, 7) is 2.91. The number of benzene rings is 1. The van der Waals surface area contributed by atoms with Gasteiger partial charge in [0.25, 0.3) is 0 Å². The molecule has 1 atom stereocenters. The van der Waals surface area contributed by atoms with Gasteiger partial charge in [-0.15, -0.1) is 0 Å². The van der Waals surface area contributed by atoms with Crippen LogP contribution in [0.25, 0.3) is 0 Å². The van der Waals surface area contributed by atoms with Gasteiger partial charge in [-0.1, -0.05) is 0 Å². The molecule has 2 aromatic rings. The summed E-state index contributed by atoms with van der Waals surface area (Å²) < 4.78 is 2.89. The van der Waals surface area contributed by atoms with E-state index < -0.39 is 0 Å². The van der Waals surface area contributed by atoms with Crippen LogP contribution < -0.4 is 10.6 Å². The average molecular weight is 349 g/mol. The average Bonchev–Trinajstić information content (AvgIpc) is 2.84. The van der Waals surface area contributed by atoms with Crippen molar-refractivity contribution >= 4 is 33.2 Å². The monoisotopic (exact) mass is 348 g/mol. The van der Waals surface area contributed by atoms with Crippen LogP contribution in [0.4, 0.5) is 11.4 Å². The number of rotatable bonds is 4. The Bertz CT molecular complexity index is 667. The van der Waals surface area contributed by atoms with E-state index in [1.165, 1.54) is 5.56 Å². The summed E-state index contributed by atoms with van der Waals surface area (Å²) in [6.07, 6.45) is 5.11. The van der Waals surface area contributed by atoms with Crippen LogP contribution >= 0.6 is 15.9 Å². The number of nitrogens with zero attached hydrogens (tertiary/aromatic N) is 2. The number of anilines is 2. The Morgan fingerprint density at radius 2 is 2.33 bits per heavy atom. The van der Waals surface area contributed by atoms with Gasteiger partial charge in [0.2, 0.25) is 5.91 Å². The van der Waals surface area contributed by atoms with E-state index in [9.17, 15) is 4.79 Å². The SMILES string of the molecule is CC(Cn1cc(Br)cn1)Nc1ccc2c(c1)CCC(=O)N2. The van der Waals surface area contributed by atoms with E-state index >= 15 is 0 Å². The number of aryl methyl sites for hydroxylation is 1. The second kappa shape index (κ2) is 5.89. The first-order valence-corrected chi connectivity index (χ1v) is 7.77. The molecule has 1 unspecified atom stereocenters. The number of hydrogen-bond donors (Lipinski definition) is 2. The molecule has 0 saturated heterocycles. The molecule has 0 bridgehead atoms. The van der Waals surface area contributed by atoms with Crippen LogP contribution in [0.1, 0.15) is 18.9 Å². The Balaban J connectivity index is 1.66. The summed E-state index contributed by atoms with van der Waals surface area (Å²) in [4.78, 5) is 11.4. The third-order valence-corrected chi connectivity index (χ3v) is 3.89. The Kier molecular flexibility index (Phi) is 3.96. The van der Waals surface area contributed by atoms with Crippen molar-refractivity contribution in [1.29, 1.82) is 0 Å². The smallest absolute Gasteiger partial charge is 0.224 e. The normalized spacial score (nSPS) is 15.2. The maximum Gasteiger partial charge on any atom is 0.224 e. The first kappa shape index (κ1) is 14.1. The van der Waals surface area contributed by atoms with Crippen molar-refractivity contribution in [3.05, 3.63) is 40.6 Å². The van der Waals surface area contributed by atoms with Gasteiger partial charge < -0.3 is 10.6 Å². The number of fused-ring (bicyclic) bond motifs is 1. The quantitative estimate of drug-likeness (QED) is 0.892. The van der Waals surface area contributed by atoms with Gasteiger partial charge in [0, 0.05) is 30.0 Å². The Morgan fingerprint density at radius 1 is 1.48 bits per heavy atom. The molecule has 2 heterocycles. The van der Waals surface area contributed by atoms with Gasteiger partial charge in [0.15, 0.2) is 0 Å². The molecule has 0 spiro atoms. The highest BCUT2D eigenvalue weighted by Crippen LogP contribution is 2.26. The standard InChI is InChI=1S/C15H17BrN4O/c1-10(8-20-9-12(16)7-17-20)18-13-3-4-14-11(6-13)2-5-15(21)19-14/h3-4,6-7,9-10,18H,2,5,8H2,1H3,(H,19,21). The summed E-state index contributed by atoms with van der Waals surface area (Å²) in [5, 5.41) is 10.6. The molecule has 1 aromatic heterocycles. The second-order valence-corrected chi connectivity index (χ2v) is 6.26. The lowest BCUT2D eigenvalue weighted by atomic mass is 10.0. The van der Waals surface area contributed by atoms with E-state index in [0.29, 0.717) is 6.42 Å². The first-order chi connectivity index (χ1) is 10.1. The molecule has 2 N–H and O–H groups in total. The lowest BCUT2D eigenvalue weighted by Gasteiger charge is -2.20. The molecular weight excluding hydrogens is 332 g/mol. The lowest BCUT2D eigenvalue weighted by molar-refractivity contribution is -0.116. The van der Waals surface area contributed by atoms with Crippen LogP contribution in [0.5, 0.6) is 0 Å². The topological polar surface area (TPSA) is 59.0 Å². The lowest BCUT2D eigenvalue weighted by Crippen LogP contribution is -2.23. The van der Waals surface area contributed by atoms with Crippen molar-refractivity contribution in [2.75, 3.05) is 10.6 Å². The van der Waals surface area contributed by atoms with Gasteiger partial charge >= 0.3 is 0 Å². The van der Waals surface area contributed by atoms with Crippen molar-refractivity contribution in [3.8, 4) is 0 Å². The summed E-state index contributed by atoms with van der Waals surface area (Å²) in [5.74, 6) is 0.0980. The van der Waals surface area contributed by atoms with Gasteiger partial charge in [0.05, 0.1) is 17.2 Å². The number of hydrogen-bond acceptors (Lipinski definition) is 3. The van der Waals surface area contributed by atoms with E-state index in [-0.39, 0.29) is 11.9 Å². The fraction of sp³-hybridized carbons (Fsp3) is 0.333. The van der Waals surface area contributed by atoms with Crippen molar-refractivity contribution < 1.29 is 4.79 Å². The van der Waals surface area contributed by atoms with Crippen molar-refractivity contribution in [1.82, 2.24) is 9.78 Å². The molecule has 1 aliphatic heterocycles. The Hall–Kier alpha value is -1.82. The molecule has 1 aromatic carbocycles. The summed E-state index contributed by atoms with van der Waals surface area (Å²) >= 11 is 3.40. The van der Waals surface area contributed by atoms with Crippen LogP contribution in [-0.2, 0) is 17.8 Å². The fourth-order valence-corrected chi connectivity index (χ4v) is 2.85. The zero-order valence-electron chi connectivity index (χ0n) is 11.8. The maximum absolute atomic E-state index is 11.4. The fourth-order valence-electron chi connectivity index (χ4n) is 2.52. The third-order valence-electron chi connectivity index (χ3n) is 3.48. The molecule has 0 radical (unpaired) electrons. The van der Waals surface area contributed by atoms with E-state index in [1.54, 1.807) is 6.20 Å². The highest BCUT2D eigenvalue weighted by Gasteiger charge is 2.15. The van der Waals surface area contributed by atoms with Gasteiger partial charge in [-0.05, 0) is 53.0 Å². The molecule has 0 fully saturated rings. The van der Waals surface area contributed by atoms with Gasteiger partial charge in [-0.3, -0.25) is 9.48 Å². The molecule has 1 amide bonds. The van der Waals surface area contributed by atoms with Crippen LogP contribution in [-0.4, -0.2) is 21.7 Å². The largest absolute Gasteiger partial charge is 0.381 e. The summed E-state index contributed by atoms with van der Waals surface area (Å²) in [6, 6.07) is 6.34. The minimum absolute atomic E-state index is 0.0980. The number of carbonyl (C=O) groups excluding carboxylic acids is 1. The summed E-state index contributed by atoms with van der Waals surface area (Å²) in [5.41, 5.74) is 3.19. The number of amides is 1. The van der Waals surface area contributed by atoms with E-state index in [0.717, 1.165) is 28.8 Å². The van der Waals surface area contributed by atoms with E-state index in [1.807, 2.05) is 23.0 Å². The molecular formula is C15H17BrN4O. The van der Waals surface area contributed by atoms with E-state index in [2.05, 4.69) is 44.7 Å². The summed E-state index contributed by atoms with van der Waals surface area (Å²) in [7, 11) is 0. The highest BCUT2D eigenvalue weighted by molar-refractivity contribution is 9.10. The Morgan fingerprint density at radius 3 is 3.10 bits per heavy atom. The predicted molar refractivity (Wildman–Crippen MR) is 86.4 cm³/mol. The molecule has 0 aliphatic carbocycles. The zero-order chi connectivity index (χ0) is 14.8. The number of nitrogens with one attached hydrogen (secondary N) is 2. The maximum atomic E-state index is 11.4. The van der Waals surface area contributed by atoms with Gasteiger partial charge in [0.1, 0.15) is 0 Å². The Labute approximate surface area is 131 Å². The van der Waals surface area contributed by atoms with Gasteiger partial charge in [-0.25, -0.2) is 0 Å². The van der Waals surface area contributed by atoms with E-state index in [4.69, 9.17) is 0 Å². The van der Waals surface area contributed by atoms with Crippen molar-refractivity contribution in [2.24, 2.45) is 0 Å². The van der Waals surface area contributed by atoms with Gasteiger partial charge in [-0.2, -0.15) is 5.10 Å². The number of aromatic nitrogens is 2. The second-order valence-electron chi connectivity index (χ2n) is 5.35. The highest BCUT2D eigenvalue weighted by atomic mass is 79.9. The third kappa shape index (κ3) is 3.44. The minimum atomic E-state index is 0.0980. The molecule has 3 rings (SSSR count). The van der Waals surface area contributed by atoms with Crippen LogP contribution in [0.3, 0.4) is 0 Å². The molecule has 1 aliphatic rings. The van der Waals surface area contributed by atoms with Crippen LogP contribution in [0.2, 0.25) is 0 Å². The number of carbonyl (C=O) groups is 1. The molecule has 0 saturated carbocycles. The predicted octanol–water partition coefficient (Wildman–Crippen LogP) is 3.03. The minimum Gasteiger partial charge on any atom is -0.381 e. The van der Waals surface area contributed by atoms with Crippen LogP contribution in [0, 0.1) is 0 Å². The molecule has 6 heteroatoms. The van der Waals surface area contributed by atoms with Crippen molar-refractivity contribution in [2.45, 2.75) is 32.4 Å².